The van der Waals surface area contributed by atoms with E-state index in [0.717, 1.165) is 0 Å². The molecular weight excluding hydrogens is 260 g/mol. The number of halogens is 2. The highest BCUT2D eigenvalue weighted by Crippen LogP contribution is 2.20. The first-order chi connectivity index (χ1) is 9.72. The van der Waals surface area contributed by atoms with E-state index in [1.807, 2.05) is 6.92 Å². The van der Waals surface area contributed by atoms with Crippen molar-refractivity contribution in [2.45, 2.75) is 13.0 Å². The molecule has 0 aliphatic carbocycles. The van der Waals surface area contributed by atoms with Crippen LogP contribution < -0.4 is 10.1 Å². The molecule has 1 N–H and O–H groups in total. The van der Waals surface area contributed by atoms with E-state index >= 15 is 0 Å². The van der Waals surface area contributed by atoms with E-state index in [-0.39, 0.29) is 24.2 Å². The molecule has 1 atom stereocenters. The highest BCUT2D eigenvalue weighted by atomic mass is 19.1. The average molecular weight is 277 g/mol. The van der Waals surface area contributed by atoms with Gasteiger partial charge >= 0.3 is 0 Å². The van der Waals surface area contributed by atoms with Crippen LogP contribution in [0.5, 0.6) is 5.75 Å². The molecule has 2 aromatic rings. The van der Waals surface area contributed by atoms with Crippen molar-refractivity contribution < 1.29 is 13.5 Å². The van der Waals surface area contributed by atoms with Crippen molar-refractivity contribution in [1.82, 2.24) is 5.32 Å². The summed E-state index contributed by atoms with van der Waals surface area (Å²) in [7, 11) is 0. The standard InChI is InChI=1S/C16H17F2NO/c1-2-19-15(12-7-3-4-8-13(12)17)11-20-16-10-6-5-9-14(16)18/h3-10,15,19H,2,11H2,1H3. The SMILES string of the molecule is CCNC(COc1ccccc1F)c1ccccc1F. The second-order valence-corrected chi connectivity index (χ2v) is 4.37. The maximum Gasteiger partial charge on any atom is 0.165 e. The number of ether oxygens (including phenoxy) is 1. The zero-order valence-corrected chi connectivity index (χ0v) is 11.3. The van der Waals surface area contributed by atoms with Crippen LogP contribution in [0.1, 0.15) is 18.5 Å². The fraction of sp³-hybridized carbons (Fsp3) is 0.250. The fourth-order valence-corrected chi connectivity index (χ4v) is 2.00. The van der Waals surface area contributed by atoms with E-state index in [2.05, 4.69) is 5.32 Å². The van der Waals surface area contributed by atoms with Crippen molar-refractivity contribution in [3.8, 4) is 5.75 Å². The molecule has 0 bridgehead atoms. The Morgan fingerprint density at radius 3 is 2.30 bits per heavy atom. The van der Waals surface area contributed by atoms with Crippen LogP contribution in [0.15, 0.2) is 48.5 Å². The van der Waals surface area contributed by atoms with Crippen LogP contribution >= 0.6 is 0 Å². The lowest BCUT2D eigenvalue weighted by atomic mass is 10.1. The summed E-state index contributed by atoms with van der Waals surface area (Å²) in [5, 5.41) is 3.14. The van der Waals surface area contributed by atoms with E-state index in [1.54, 1.807) is 36.4 Å². The first kappa shape index (κ1) is 14.5. The van der Waals surface area contributed by atoms with Crippen LogP contribution in [-0.2, 0) is 0 Å². The third kappa shape index (κ3) is 3.54. The van der Waals surface area contributed by atoms with Crippen LogP contribution in [0, 0.1) is 11.6 Å². The number of likely N-dealkylation sites (N-methyl/N-ethyl adjacent to an activating group) is 1. The van der Waals surface area contributed by atoms with Crippen LogP contribution in [0.4, 0.5) is 8.78 Å². The molecule has 0 aliphatic rings. The summed E-state index contributed by atoms with van der Waals surface area (Å²) in [6.45, 7) is 2.76. The molecule has 1 unspecified atom stereocenters. The lowest BCUT2D eigenvalue weighted by Gasteiger charge is -2.19. The minimum atomic E-state index is -0.420. The third-order valence-electron chi connectivity index (χ3n) is 2.97. The van der Waals surface area contributed by atoms with Crippen molar-refractivity contribution in [3.05, 3.63) is 65.7 Å². The van der Waals surface area contributed by atoms with Gasteiger partial charge in [-0.05, 0) is 24.7 Å². The summed E-state index contributed by atoms with van der Waals surface area (Å²) >= 11 is 0. The minimum absolute atomic E-state index is 0.162. The summed E-state index contributed by atoms with van der Waals surface area (Å²) in [4.78, 5) is 0. The molecule has 2 rings (SSSR count). The van der Waals surface area contributed by atoms with Gasteiger partial charge in [-0.15, -0.1) is 0 Å². The molecule has 2 aromatic carbocycles. The maximum atomic E-state index is 13.8. The molecule has 0 fully saturated rings. The highest BCUT2D eigenvalue weighted by Gasteiger charge is 2.15. The maximum absolute atomic E-state index is 13.8. The molecule has 0 amide bonds. The van der Waals surface area contributed by atoms with Gasteiger partial charge in [0.2, 0.25) is 0 Å². The second-order valence-electron chi connectivity index (χ2n) is 4.37. The molecule has 20 heavy (non-hydrogen) atoms. The smallest absolute Gasteiger partial charge is 0.165 e. The van der Waals surface area contributed by atoms with Gasteiger partial charge in [-0.1, -0.05) is 37.3 Å². The Hall–Kier alpha value is -1.94. The van der Waals surface area contributed by atoms with Crippen LogP contribution in [0.25, 0.3) is 0 Å². The van der Waals surface area contributed by atoms with Gasteiger partial charge in [-0.3, -0.25) is 0 Å². The van der Waals surface area contributed by atoms with Gasteiger partial charge in [-0.2, -0.15) is 0 Å². The zero-order chi connectivity index (χ0) is 14.4. The van der Waals surface area contributed by atoms with E-state index in [4.69, 9.17) is 4.74 Å². The number of nitrogens with one attached hydrogen (secondary N) is 1. The number of hydrogen-bond acceptors (Lipinski definition) is 2. The highest BCUT2D eigenvalue weighted by molar-refractivity contribution is 5.25. The Morgan fingerprint density at radius 1 is 1.00 bits per heavy atom. The molecule has 4 heteroatoms. The van der Waals surface area contributed by atoms with E-state index in [9.17, 15) is 8.78 Å². The van der Waals surface area contributed by atoms with E-state index in [0.29, 0.717) is 12.1 Å². The molecule has 0 spiro atoms. The molecule has 0 heterocycles. The lowest BCUT2D eigenvalue weighted by molar-refractivity contribution is 0.254. The Balaban J connectivity index is 2.11. The van der Waals surface area contributed by atoms with Crippen molar-refractivity contribution in [3.63, 3.8) is 0 Å². The predicted molar refractivity (Wildman–Crippen MR) is 74.7 cm³/mol. The summed E-state index contributed by atoms with van der Waals surface area (Å²) < 4.78 is 32.7. The number of para-hydroxylation sites is 1. The molecule has 0 radical (unpaired) electrons. The van der Waals surface area contributed by atoms with Crippen LogP contribution in [0.3, 0.4) is 0 Å². The summed E-state index contributed by atoms with van der Waals surface area (Å²) in [5.74, 6) is -0.543. The normalized spacial score (nSPS) is 12.2. The monoisotopic (exact) mass is 277 g/mol. The molecular formula is C16H17F2NO. The predicted octanol–water partition coefficient (Wildman–Crippen LogP) is 3.69. The Labute approximate surface area is 117 Å². The van der Waals surface area contributed by atoms with Gasteiger partial charge in [0.05, 0.1) is 6.04 Å². The molecule has 0 aliphatic heterocycles. The summed E-state index contributed by atoms with van der Waals surface area (Å²) in [6.07, 6.45) is 0. The van der Waals surface area contributed by atoms with Gasteiger partial charge in [0, 0.05) is 5.56 Å². The summed E-state index contributed by atoms with van der Waals surface area (Å²) in [5.41, 5.74) is 0.519. The average Bonchev–Trinajstić information content (AvgIpc) is 2.46. The fourth-order valence-electron chi connectivity index (χ4n) is 2.00. The lowest BCUT2D eigenvalue weighted by Crippen LogP contribution is -2.27. The van der Waals surface area contributed by atoms with Gasteiger partial charge in [0.15, 0.2) is 11.6 Å². The molecule has 0 aromatic heterocycles. The van der Waals surface area contributed by atoms with Gasteiger partial charge in [0.25, 0.3) is 0 Å². The molecule has 2 nitrogen and oxygen atoms in total. The number of benzene rings is 2. The topological polar surface area (TPSA) is 21.3 Å². The van der Waals surface area contributed by atoms with E-state index < -0.39 is 5.82 Å². The number of rotatable bonds is 6. The van der Waals surface area contributed by atoms with Crippen molar-refractivity contribution in [1.29, 1.82) is 0 Å². The Kier molecular flexibility index (Phi) is 5.07. The zero-order valence-electron chi connectivity index (χ0n) is 11.3. The summed E-state index contributed by atoms with van der Waals surface area (Å²) in [6, 6.07) is 12.4. The third-order valence-corrected chi connectivity index (χ3v) is 2.97. The molecule has 0 saturated carbocycles. The Morgan fingerprint density at radius 2 is 1.65 bits per heavy atom. The van der Waals surface area contributed by atoms with Gasteiger partial charge < -0.3 is 10.1 Å². The van der Waals surface area contributed by atoms with Crippen molar-refractivity contribution >= 4 is 0 Å². The minimum Gasteiger partial charge on any atom is -0.489 e. The molecule has 106 valence electrons. The largest absolute Gasteiger partial charge is 0.489 e. The van der Waals surface area contributed by atoms with Crippen molar-refractivity contribution in [2.75, 3.05) is 13.2 Å². The quantitative estimate of drug-likeness (QED) is 0.869. The first-order valence-corrected chi connectivity index (χ1v) is 6.57. The second kappa shape index (κ2) is 7.01. The first-order valence-electron chi connectivity index (χ1n) is 6.57. The van der Waals surface area contributed by atoms with Gasteiger partial charge in [0.1, 0.15) is 12.4 Å². The van der Waals surface area contributed by atoms with Gasteiger partial charge in [-0.25, -0.2) is 8.78 Å². The molecule has 0 saturated heterocycles. The Bertz CT molecular complexity index is 560. The van der Waals surface area contributed by atoms with Crippen molar-refractivity contribution in [2.24, 2.45) is 0 Å². The van der Waals surface area contributed by atoms with Crippen LogP contribution in [-0.4, -0.2) is 13.2 Å². The number of hydrogen-bond donors (Lipinski definition) is 1. The van der Waals surface area contributed by atoms with E-state index in [1.165, 1.54) is 12.1 Å². The van der Waals surface area contributed by atoms with Crippen LogP contribution in [0.2, 0.25) is 0 Å².